The summed E-state index contributed by atoms with van der Waals surface area (Å²) in [5.74, 6) is 0.481. The number of esters is 1. The molecule has 1 N–H and O–H groups in total. The summed E-state index contributed by atoms with van der Waals surface area (Å²) in [5, 5.41) is 10.5. The van der Waals surface area contributed by atoms with Crippen molar-refractivity contribution < 1.29 is 33.0 Å². The number of carbonyl (C=O) groups excluding carboxylic acids is 2. The topological polar surface area (TPSA) is 122 Å². The van der Waals surface area contributed by atoms with Gasteiger partial charge in [0.25, 0.3) is 11.8 Å². The molecule has 0 aliphatic heterocycles. The molecule has 11 heteroatoms. The summed E-state index contributed by atoms with van der Waals surface area (Å²) < 4.78 is 26.3. The van der Waals surface area contributed by atoms with Gasteiger partial charge in [-0.1, -0.05) is 11.6 Å². The molecule has 0 saturated carbocycles. The van der Waals surface area contributed by atoms with Gasteiger partial charge in [-0.25, -0.2) is 4.79 Å². The van der Waals surface area contributed by atoms with E-state index in [1.807, 2.05) is 0 Å². The van der Waals surface area contributed by atoms with E-state index in [2.05, 4.69) is 15.5 Å². The maximum Gasteiger partial charge on any atom is 0.338 e. The van der Waals surface area contributed by atoms with Crippen LogP contribution >= 0.6 is 11.6 Å². The Morgan fingerprint density at radius 2 is 1.78 bits per heavy atom. The van der Waals surface area contributed by atoms with Crippen molar-refractivity contribution in [1.82, 2.24) is 10.2 Å². The first kappa shape index (κ1) is 22.9. The van der Waals surface area contributed by atoms with Gasteiger partial charge in [-0.2, -0.15) is 0 Å². The van der Waals surface area contributed by atoms with Crippen LogP contribution in [0.15, 0.2) is 40.8 Å². The fourth-order valence-electron chi connectivity index (χ4n) is 2.63. The first-order valence-electron chi connectivity index (χ1n) is 9.30. The van der Waals surface area contributed by atoms with Crippen molar-refractivity contribution in [3.8, 4) is 17.2 Å². The van der Waals surface area contributed by atoms with E-state index in [9.17, 15) is 9.59 Å². The number of hydrogen-bond donors (Lipinski definition) is 1. The van der Waals surface area contributed by atoms with Crippen LogP contribution in [0.2, 0.25) is 5.02 Å². The average molecular weight is 462 g/mol. The Labute approximate surface area is 188 Å². The molecule has 1 amide bonds. The molecule has 0 atom stereocenters. The molecule has 0 unspecified atom stereocenters. The Morgan fingerprint density at radius 3 is 2.47 bits per heavy atom. The van der Waals surface area contributed by atoms with Gasteiger partial charge in [0.05, 0.1) is 25.5 Å². The number of amides is 1. The number of anilines is 1. The lowest BCUT2D eigenvalue weighted by Gasteiger charge is -2.13. The SMILES string of the molecule is COc1ccc(Cl)cc1NC(=O)COc1ccc(C(=O)OCc2nnc(C)o2)cc1OC. The molecule has 1 aromatic heterocycles. The summed E-state index contributed by atoms with van der Waals surface area (Å²) in [6, 6.07) is 9.27. The fourth-order valence-corrected chi connectivity index (χ4v) is 2.80. The third kappa shape index (κ3) is 5.88. The van der Waals surface area contributed by atoms with Crippen LogP contribution in [0.3, 0.4) is 0 Å². The molecular weight excluding hydrogens is 442 g/mol. The van der Waals surface area contributed by atoms with Gasteiger partial charge >= 0.3 is 5.97 Å². The van der Waals surface area contributed by atoms with Gasteiger partial charge in [-0.15, -0.1) is 10.2 Å². The quantitative estimate of drug-likeness (QED) is 0.477. The fraction of sp³-hybridized carbons (Fsp3) is 0.238. The van der Waals surface area contributed by atoms with Crippen LogP contribution in [0.25, 0.3) is 0 Å². The molecule has 3 aromatic rings. The first-order chi connectivity index (χ1) is 15.4. The average Bonchev–Trinajstić information content (AvgIpc) is 3.21. The number of benzene rings is 2. The van der Waals surface area contributed by atoms with Crippen LogP contribution in [0.1, 0.15) is 22.1 Å². The lowest BCUT2D eigenvalue weighted by atomic mass is 10.2. The molecule has 0 fully saturated rings. The zero-order valence-electron chi connectivity index (χ0n) is 17.5. The minimum absolute atomic E-state index is 0.159. The van der Waals surface area contributed by atoms with Gasteiger partial charge in [0.1, 0.15) is 5.75 Å². The largest absolute Gasteiger partial charge is 0.495 e. The van der Waals surface area contributed by atoms with Crippen LogP contribution in [0.5, 0.6) is 17.2 Å². The highest BCUT2D eigenvalue weighted by Gasteiger charge is 2.15. The zero-order chi connectivity index (χ0) is 23.1. The lowest BCUT2D eigenvalue weighted by molar-refractivity contribution is -0.118. The third-order valence-electron chi connectivity index (χ3n) is 4.09. The Hall–Kier alpha value is -3.79. The van der Waals surface area contributed by atoms with E-state index in [1.165, 1.54) is 32.4 Å². The maximum atomic E-state index is 12.3. The van der Waals surface area contributed by atoms with Gasteiger partial charge in [0, 0.05) is 11.9 Å². The number of aromatic nitrogens is 2. The molecule has 10 nitrogen and oxygen atoms in total. The number of nitrogens with zero attached hydrogens (tertiary/aromatic N) is 2. The standard InChI is InChI=1S/C21H20ClN3O7/c1-12-24-25-20(32-12)11-31-21(27)13-4-6-17(18(8-13)29-3)30-10-19(26)23-15-9-14(22)5-7-16(15)28-2/h4-9H,10-11H2,1-3H3,(H,23,26). The zero-order valence-corrected chi connectivity index (χ0v) is 18.3. The summed E-state index contributed by atoms with van der Waals surface area (Å²) in [6.45, 7) is 1.16. The number of methoxy groups -OCH3 is 2. The second-order valence-electron chi connectivity index (χ2n) is 6.34. The van der Waals surface area contributed by atoms with E-state index < -0.39 is 11.9 Å². The van der Waals surface area contributed by atoms with Crippen molar-refractivity contribution >= 4 is 29.2 Å². The molecule has 1 heterocycles. The number of halogens is 1. The van der Waals surface area contributed by atoms with E-state index in [0.29, 0.717) is 22.4 Å². The molecule has 0 spiro atoms. The predicted octanol–water partition coefficient (Wildman–Crippen LogP) is 3.42. The molecule has 32 heavy (non-hydrogen) atoms. The molecule has 0 aliphatic carbocycles. The van der Waals surface area contributed by atoms with Crippen LogP contribution in [0.4, 0.5) is 5.69 Å². The van der Waals surface area contributed by atoms with Gasteiger partial charge in [-0.3, -0.25) is 4.79 Å². The van der Waals surface area contributed by atoms with Crippen molar-refractivity contribution in [2.75, 3.05) is 26.1 Å². The normalized spacial score (nSPS) is 10.4. The van der Waals surface area contributed by atoms with Crippen LogP contribution < -0.4 is 19.5 Å². The number of aryl methyl sites for hydroxylation is 1. The number of carbonyl (C=O) groups is 2. The van der Waals surface area contributed by atoms with E-state index >= 15 is 0 Å². The molecule has 2 aromatic carbocycles. The van der Waals surface area contributed by atoms with Gasteiger partial charge in [0.2, 0.25) is 5.89 Å². The lowest BCUT2D eigenvalue weighted by Crippen LogP contribution is -2.20. The van der Waals surface area contributed by atoms with Crippen molar-refractivity contribution in [3.05, 3.63) is 58.8 Å². The summed E-state index contributed by atoms with van der Waals surface area (Å²) >= 11 is 5.96. The highest BCUT2D eigenvalue weighted by Crippen LogP contribution is 2.30. The number of hydrogen-bond acceptors (Lipinski definition) is 9. The van der Waals surface area contributed by atoms with Crippen molar-refractivity contribution in [3.63, 3.8) is 0 Å². The van der Waals surface area contributed by atoms with E-state index in [0.717, 1.165) is 0 Å². The predicted molar refractivity (Wildman–Crippen MR) is 113 cm³/mol. The van der Waals surface area contributed by atoms with Crippen LogP contribution in [-0.2, 0) is 16.1 Å². The Kier molecular flexibility index (Phi) is 7.50. The minimum atomic E-state index is -0.614. The van der Waals surface area contributed by atoms with Gasteiger partial charge < -0.3 is 28.7 Å². The van der Waals surface area contributed by atoms with E-state index in [-0.39, 0.29) is 36.2 Å². The van der Waals surface area contributed by atoms with Crippen molar-refractivity contribution in [2.45, 2.75) is 13.5 Å². The Bertz CT molecular complexity index is 1120. The highest BCUT2D eigenvalue weighted by molar-refractivity contribution is 6.31. The second-order valence-corrected chi connectivity index (χ2v) is 6.77. The molecule has 0 aliphatic rings. The van der Waals surface area contributed by atoms with Gasteiger partial charge in [-0.05, 0) is 36.4 Å². The molecule has 0 bridgehead atoms. The van der Waals surface area contributed by atoms with E-state index in [4.69, 9.17) is 35.0 Å². The number of ether oxygens (including phenoxy) is 4. The highest BCUT2D eigenvalue weighted by atomic mass is 35.5. The summed E-state index contributed by atoms with van der Waals surface area (Å²) in [6.07, 6.45) is 0. The second kappa shape index (κ2) is 10.5. The number of nitrogens with one attached hydrogen (secondary N) is 1. The maximum absolute atomic E-state index is 12.3. The molecule has 168 valence electrons. The molecule has 3 rings (SSSR count). The third-order valence-corrected chi connectivity index (χ3v) is 4.32. The summed E-state index contributed by atoms with van der Waals surface area (Å²) in [5.41, 5.74) is 0.633. The van der Waals surface area contributed by atoms with Gasteiger partial charge in [0.15, 0.2) is 24.7 Å². The molecule has 0 radical (unpaired) electrons. The first-order valence-corrected chi connectivity index (χ1v) is 9.67. The Morgan fingerprint density at radius 1 is 1.03 bits per heavy atom. The molecule has 0 saturated heterocycles. The van der Waals surface area contributed by atoms with Crippen LogP contribution in [-0.4, -0.2) is 42.9 Å². The minimum Gasteiger partial charge on any atom is -0.495 e. The van der Waals surface area contributed by atoms with E-state index in [1.54, 1.807) is 25.1 Å². The monoisotopic (exact) mass is 461 g/mol. The molecular formula is C21H20ClN3O7. The van der Waals surface area contributed by atoms with Crippen LogP contribution in [0, 0.1) is 6.92 Å². The Balaban J connectivity index is 1.60. The van der Waals surface area contributed by atoms with Crippen molar-refractivity contribution in [1.29, 1.82) is 0 Å². The van der Waals surface area contributed by atoms with Crippen molar-refractivity contribution in [2.24, 2.45) is 0 Å². The summed E-state index contributed by atoms with van der Waals surface area (Å²) in [4.78, 5) is 24.6. The smallest absolute Gasteiger partial charge is 0.338 e. The summed E-state index contributed by atoms with van der Waals surface area (Å²) in [7, 11) is 2.89. The number of rotatable bonds is 9.